The molecule has 0 heterocycles. The summed E-state index contributed by atoms with van der Waals surface area (Å²) < 4.78 is 26.0. The standard InChI is InChI=1S/C15H23FO2S/c1-14(2,3)19(18)11-15(4,9-10-17)12-7-5-6-8-13(12)16/h5-8,17H,9-11H2,1-4H3/t15-,19-/m1/s1. The summed E-state index contributed by atoms with van der Waals surface area (Å²) in [6.45, 7) is 7.54. The third-order valence-electron chi connectivity index (χ3n) is 3.32. The Balaban J connectivity index is 3.11. The van der Waals surface area contributed by atoms with E-state index >= 15 is 0 Å². The lowest BCUT2D eigenvalue weighted by molar-refractivity contribution is 0.251. The number of aliphatic hydroxyl groups is 1. The molecule has 0 fully saturated rings. The predicted molar refractivity (Wildman–Crippen MR) is 78.2 cm³/mol. The van der Waals surface area contributed by atoms with Gasteiger partial charge in [0, 0.05) is 33.3 Å². The molecule has 0 aliphatic carbocycles. The molecule has 0 aliphatic heterocycles. The topological polar surface area (TPSA) is 37.3 Å². The van der Waals surface area contributed by atoms with Crippen molar-refractivity contribution in [1.29, 1.82) is 0 Å². The van der Waals surface area contributed by atoms with Crippen molar-refractivity contribution in [2.24, 2.45) is 0 Å². The first-order chi connectivity index (χ1) is 8.70. The molecule has 19 heavy (non-hydrogen) atoms. The molecule has 0 unspecified atom stereocenters. The van der Waals surface area contributed by atoms with Crippen molar-refractivity contribution in [2.45, 2.75) is 44.3 Å². The van der Waals surface area contributed by atoms with Crippen LogP contribution in [0.15, 0.2) is 24.3 Å². The van der Waals surface area contributed by atoms with Crippen LogP contribution in [0.25, 0.3) is 0 Å². The maximum atomic E-state index is 14.0. The summed E-state index contributed by atoms with van der Waals surface area (Å²) in [4.78, 5) is 0. The van der Waals surface area contributed by atoms with Gasteiger partial charge in [0.15, 0.2) is 0 Å². The summed E-state index contributed by atoms with van der Waals surface area (Å²) in [7, 11) is -1.09. The number of benzene rings is 1. The first-order valence-corrected chi connectivity index (χ1v) is 7.77. The molecule has 2 atom stereocenters. The monoisotopic (exact) mass is 286 g/mol. The van der Waals surface area contributed by atoms with E-state index < -0.39 is 16.2 Å². The second kappa shape index (κ2) is 6.14. The third kappa shape index (κ3) is 4.11. The van der Waals surface area contributed by atoms with Gasteiger partial charge in [-0.1, -0.05) is 25.1 Å². The zero-order valence-electron chi connectivity index (χ0n) is 12.1. The molecule has 1 aromatic rings. The summed E-state index contributed by atoms with van der Waals surface area (Å²) in [5, 5.41) is 9.25. The SMILES string of the molecule is CC(C)(C)[S@](=O)C[C@@](C)(CCO)c1ccccc1F. The molecule has 0 radical (unpaired) electrons. The fourth-order valence-corrected chi connectivity index (χ4v) is 3.30. The molecule has 1 rings (SSSR count). The van der Waals surface area contributed by atoms with E-state index in [0.29, 0.717) is 17.7 Å². The summed E-state index contributed by atoms with van der Waals surface area (Å²) in [5.41, 5.74) is -0.0836. The van der Waals surface area contributed by atoms with Crippen molar-refractivity contribution in [3.8, 4) is 0 Å². The van der Waals surface area contributed by atoms with Crippen LogP contribution in [0.2, 0.25) is 0 Å². The van der Waals surface area contributed by atoms with Crippen molar-refractivity contribution >= 4 is 10.8 Å². The van der Waals surface area contributed by atoms with E-state index in [0.717, 1.165) is 0 Å². The van der Waals surface area contributed by atoms with Crippen LogP contribution in [0.3, 0.4) is 0 Å². The van der Waals surface area contributed by atoms with Gasteiger partial charge in [0.05, 0.1) is 0 Å². The second-order valence-electron chi connectivity index (χ2n) is 6.12. The fraction of sp³-hybridized carbons (Fsp3) is 0.600. The number of hydrogen-bond acceptors (Lipinski definition) is 2. The first kappa shape index (κ1) is 16.3. The molecule has 0 bridgehead atoms. The number of aliphatic hydroxyl groups excluding tert-OH is 1. The minimum absolute atomic E-state index is 0.0494. The Hall–Kier alpha value is -0.740. The van der Waals surface area contributed by atoms with E-state index in [4.69, 9.17) is 0 Å². The van der Waals surface area contributed by atoms with Gasteiger partial charge in [-0.3, -0.25) is 4.21 Å². The van der Waals surface area contributed by atoms with E-state index in [1.807, 2.05) is 27.7 Å². The summed E-state index contributed by atoms with van der Waals surface area (Å²) in [5.74, 6) is 0.0437. The largest absolute Gasteiger partial charge is 0.396 e. The molecule has 0 saturated carbocycles. The summed E-state index contributed by atoms with van der Waals surface area (Å²) >= 11 is 0. The lowest BCUT2D eigenvalue weighted by Crippen LogP contribution is -2.37. The molecule has 0 aliphatic rings. The summed E-state index contributed by atoms with van der Waals surface area (Å²) in [6.07, 6.45) is 0.399. The average molecular weight is 286 g/mol. The lowest BCUT2D eigenvalue weighted by Gasteiger charge is -2.32. The van der Waals surface area contributed by atoms with Gasteiger partial charge < -0.3 is 5.11 Å². The molecule has 0 amide bonds. The lowest BCUT2D eigenvalue weighted by atomic mass is 9.81. The zero-order valence-corrected chi connectivity index (χ0v) is 12.9. The number of halogens is 1. The second-order valence-corrected chi connectivity index (χ2v) is 8.32. The van der Waals surface area contributed by atoms with Gasteiger partial charge in [0.1, 0.15) is 5.82 Å². The van der Waals surface area contributed by atoms with E-state index in [-0.39, 0.29) is 17.2 Å². The molecule has 2 nitrogen and oxygen atoms in total. The smallest absolute Gasteiger partial charge is 0.126 e. The van der Waals surface area contributed by atoms with Crippen molar-refractivity contribution in [2.75, 3.05) is 12.4 Å². The van der Waals surface area contributed by atoms with Crippen LogP contribution in [-0.4, -0.2) is 26.4 Å². The highest BCUT2D eigenvalue weighted by atomic mass is 32.2. The normalized spacial score (nSPS) is 16.9. The van der Waals surface area contributed by atoms with Gasteiger partial charge in [0.25, 0.3) is 0 Å². The van der Waals surface area contributed by atoms with Gasteiger partial charge in [0.2, 0.25) is 0 Å². The molecule has 4 heteroatoms. The summed E-state index contributed by atoms with van der Waals surface area (Å²) in [6, 6.07) is 6.53. The minimum Gasteiger partial charge on any atom is -0.396 e. The van der Waals surface area contributed by atoms with Crippen molar-refractivity contribution in [3.05, 3.63) is 35.6 Å². The fourth-order valence-electron chi connectivity index (χ4n) is 1.99. The maximum absolute atomic E-state index is 14.0. The predicted octanol–water partition coefficient (Wildman–Crippen LogP) is 3.01. The Bertz CT molecular complexity index is 454. The molecule has 108 valence electrons. The van der Waals surface area contributed by atoms with Crippen LogP contribution in [0.5, 0.6) is 0 Å². The Labute approximate surface area is 117 Å². The van der Waals surface area contributed by atoms with E-state index in [1.54, 1.807) is 18.2 Å². The highest BCUT2D eigenvalue weighted by molar-refractivity contribution is 7.86. The van der Waals surface area contributed by atoms with Gasteiger partial charge in [-0.05, 0) is 38.8 Å². The van der Waals surface area contributed by atoms with E-state index in [2.05, 4.69) is 0 Å². The first-order valence-electron chi connectivity index (χ1n) is 6.45. The third-order valence-corrected chi connectivity index (χ3v) is 5.59. The van der Waals surface area contributed by atoms with E-state index in [1.165, 1.54) is 6.07 Å². The minimum atomic E-state index is -1.09. The number of rotatable bonds is 5. The van der Waals surface area contributed by atoms with Crippen LogP contribution in [0.4, 0.5) is 4.39 Å². The molecular weight excluding hydrogens is 263 g/mol. The molecule has 1 aromatic carbocycles. The Kier molecular flexibility index (Phi) is 5.27. The van der Waals surface area contributed by atoms with Gasteiger partial charge >= 0.3 is 0 Å². The van der Waals surface area contributed by atoms with Crippen LogP contribution in [0.1, 0.15) is 39.7 Å². The Morgan fingerprint density at radius 3 is 2.26 bits per heavy atom. The van der Waals surface area contributed by atoms with Crippen molar-refractivity contribution in [3.63, 3.8) is 0 Å². The average Bonchev–Trinajstić information content (AvgIpc) is 2.28. The van der Waals surface area contributed by atoms with Crippen LogP contribution < -0.4 is 0 Å². The van der Waals surface area contributed by atoms with Gasteiger partial charge in [-0.25, -0.2) is 4.39 Å². The van der Waals surface area contributed by atoms with Crippen molar-refractivity contribution < 1.29 is 13.7 Å². The van der Waals surface area contributed by atoms with Gasteiger partial charge in [-0.15, -0.1) is 0 Å². The van der Waals surface area contributed by atoms with Crippen LogP contribution in [0, 0.1) is 5.82 Å². The van der Waals surface area contributed by atoms with Crippen LogP contribution in [-0.2, 0) is 16.2 Å². The highest BCUT2D eigenvalue weighted by Crippen LogP contribution is 2.32. The van der Waals surface area contributed by atoms with Crippen molar-refractivity contribution in [1.82, 2.24) is 0 Å². The molecule has 0 spiro atoms. The maximum Gasteiger partial charge on any atom is 0.126 e. The molecular formula is C15H23FO2S. The van der Waals surface area contributed by atoms with Crippen LogP contribution >= 0.6 is 0 Å². The Morgan fingerprint density at radius 2 is 1.79 bits per heavy atom. The molecule has 1 N–H and O–H groups in total. The highest BCUT2D eigenvalue weighted by Gasteiger charge is 2.34. The quantitative estimate of drug-likeness (QED) is 0.903. The Morgan fingerprint density at radius 1 is 1.21 bits per heavy atom. The van der Waals surface area contributed by atoms with E-state index in [9.17, 15) is 13.7 Å². The molecule has 0 saturated heterocycles. The molecule has 0 aromatic heterocycles. The number of hydrogen-bond donors (Lipinski definition) is 1. The zero-order chi connectivity index (χ0) is 14.7. The van der Waals surface area contributed by atoms with Gasteiger partial charge in [-0.2, -0.15) is 0 Å².